The van der Waals surface area contributed by atoms with Crippen LogP contribution in [0.15, 0.2) is 122 Å². The molecular formula is C63H107NO3. The van der Waals surface area contributed by atoms with Crippen LogP contribution in [-0.2, 0) is 4.79 Å². The van der Waals surface area contributed by atoms with Crippen LogP contribution >= 0.6 is 0 Å². The smallest absolute Gasteiger partial charge is 0.220 e. The zero-order valence-corrected chi connectivity index (χ0v) is 43.9. The third-order valence-corrected chi connectivity index (χ3v) is 12.2. The lowest BCUT2D eigenvalue weighted by Gasteiger charge is -2.22. The van der Waals surface area contributed by atoms with Crippen LogP contribution in [0.4, 0.5) is 0 Å². The van der Waals surface area contributed by atoms with E-state index >= 15 is 0 Å². The fraction of sp³-hybridized carbons (Fsp3) is 0.667. The van der Waals surface area contributed by atoms with Crippen molar-refractivity contribution in [3.05, 3.63) is 122 Å². The Morgan fingerprint density at radius 3 is 0.955 bits per heavy atom. The van der Waals surface area contributed by atoms with Gasteiger partial charge in [0.25, 0.3) is 0 Å². The molecular weight excluding hydrogens is 819 g/mol. The SMILES string of the molecule is CC/C=C\C/C=C\C/C=C\C/C=C\C/C=C\C/C=C\C/C=C\C/C=C\C/C=C\C/C=C\CCCCC(=O)NC(CO)C(O)CCCCCCCCCCCCCCCCCCCCCCCC. The van der Waals surface area contributed by atoms with Crippen molar-refractivity contribution < 1.29 is 15.0 Å². The molecule has 0 saturated heterocycles. The summed E-state index contributed by atoms with van der Waals surface area (Å²) in [5.74, 6) is -0.0764. The number of hydrogen-bond donors (Lipinski definition) is 3. The first-order valence-corrected chi connectivity index (χ1v) is 28.2. The monoisotopic (exact) mass is 926 g/mol. The minimum atomic E-state index is -0.688. The van der Waals surface area contributed by atoms with Gasteiger partial charge in [-0.15, -0.1) is 0 Å². The van der Waals surface area contributed by atoms with E-state index in [0.717, 1.165) is 96.3 Å². The number of carbonyl (C=O) groups excluding carboxylic acids is 1. The lowest BCUT2D eigenvalue weighted by molar-refractivity contribution is -0.123. The summed E-state index contributed by atoms with van der Waals surface area (Å²) in [6.45, 7) is 4.23. The molecule has 0 radical (unpaired) electrons. The predicted octanol–water partition coefficient (Wildman–Crippen LogP) is 18.9. The Morgan fingerprint density at radius 1 is 0.373 bits per heavy atom. The second-order valence-electron chi connectivity index (χ2n) is 18.6. The number of unbranched alkanes of at least 4 members (excludes halogenated alkanes) is 23. The standard InChI is InChI=1S/C63H107NO3/c1-3-5-7-9-11-13-15-17-19-21-23-25-27-28-29-30-31-32-33-34-35-36-37-39-41-43-45-47-49-51-53-55-57-59-63(67)64-61(60-65)62(66)58-56-54-52-50-48-46-44-42-40-38-26-24-22-20-18-16-14-12-10-8-6-4-2/h5,7,11,13,17,19,23,25,28-29,31-32,34-35,37,39,43,45,49,51,61-62,65-66H,3-4,6,8-10,12,14-16,18,20-22,24,26-27,30,33,36,38,40-42,44,46-48,50,52-60H2,1-2H3,(H,64,67)/b7-5-,13-11-,19-17-,25-23-,29-28-,32-31-,35-34-,39-37-,45-43-,51-49-. The van der Waals surface area contributed by atoms with E-state index in [-0.39, 0.29) is 12.5 Å². The fourth-order valence-corrected chi connectivity index (χ4v) is 7.98. The highest BCUT2D eigenvalue weighted by Gasteiger charge is 2.20. The molecule has 0 aliphatic carbocycles. The summed E-state index contributed by atoms with van der Waals surface area (Å²) in [5, 5.41) is 23.3. The Morgan fingerprint density at radius 2 is 0.657 bits per heavy atom. The topological polar surface area (TPSA) is 69.6 Å². The molecule has 0 aromatic rings. The normalized spacial score (nSPS) is 13.8. The molecule has 4 nitrogen and oxygen atoms in total. The Bertz CT molecular complexity index is 1330. The number of nitrogens with one attached hydrogen (secondary N) is 1. The third-order valence-electron chi connectivity index (χ3n) is 12.2. The van der Waals surface area contributed by atoms with Crippen LogP contribution in [0.1, 0.15) is 251 Å². The van der Waals surface area contributed by atoms with Gasteiger partial charge >= 0.3 is 0 Å². The second-order valence-corrected chi connectivity index (χ2v) is 18.6. The molecule has 1 amide bonds. The van der Waals surface area contributed by atoms with E-state index in [1.54, 1.807) is 0 Å². The molecule has 0 aliphatic rings. The maximum atomic E-state index is 12.5. The molecule has 2 unspecified atom stereocenters. The Kier molecular flexibility index (Phi) is 54.4. The lowest BCUT2D eigenvalue weighted by Crippen LogP contribution is -2.45. The van der Waals surface area contributed by atoms with Crippen LogP contribution < -0.4 is 5.32 Å². The van der Waals surface area contributed by atoms with E-state index < -0.39 is 12.1 Å². The van der Waals surface area contributed by atoms with Gasteiger partial charge in [-0.25, -0.2) is 0 Å². The van der Waals surface area contributed by atoms with Gasteiger partial charge in [0.2, 0.25) is 5.91 Å². The summed E-state index contributed by atoms with van der Waals surface area (Å²) >= 11 is 0. The van der Waals surface area contributed by atoms with Gasteiger partial charge in [0.1, 0.15) is 0 Å². The van der Waals surface area contributed by atoms with Gasteiger partial charge in [0, 0.05) is 6.42 Å². The van der Waals surface area contributed by atoms with Crippen LogP contribution in [-0.4, -0.2) is 34.9 Å². The summed E-state index contributed by atoms with van der Waals surface area (Å²) in [4.78, 5) is 12.5. The zero-order chi connectivity index (χ0) is 48.5. The van der Waals surface area contributed by atoms with Crippen molar-refractivity contribution in [2.24, 2.45) is 0 Å². The van der Waals surface area contributed by atoms with Crippen molar-refractivity contribution in [1.82, 2.24) is 5.32 Å². The number of amides is 1. The summed E-state index contributed by atoms with van der Waals surface area (Å²) in [7, 11) is 0. The number of rotatable bonds is 50. The van der Waals surface area contributed by atoms with Crippen molar-refractivity contribution in [2.75, 3.05) is 6.61 Å². The molecule has 4 heteroatoms. The van der Waals surface area contributed by atoms with Gasteiger partial charge in [-0.05, 0) is 89.9 Å². The summed E-state index contributed by atoms with van der Waals surface area (Å²) in [5.41, 5.74) is 0. The van der Waals surface area contributed by atoms with Crippen molar-refractivity contribution in [3.8, 4) is 0 Å². The molecule has 382 valence electrons. The number of aliphatic hydroxyl groups excluding tert-OH is 2. The van der Waals surface area contributed by atoms with Crippen molar-refractivity contribution in [2.45, 2.75) is 264 Å². The summed E-state index contributed by atoms with van der Waals surface area (Å²) in [6.07, 6.45) is 87.5. The molecule has 0 aromatic carbocycles. The quantitative estimate of drug-likeness (QED) is 0.0421. The number of hydrogen-bond acceptors (Lipinski definition) is 3. The molecule has 67 heavy (non-hydrogen) atoms. The molecule has 0 bridgehead atoms. The number of carbonyl (C=O) groups is 1. The average molecular weight is 927 g/mol. The van der Waals surface area contributed by atoms with E-state index in [1.807, 2.05) is 0 Å². The predicted molar refractivity (Wildman–Crippen MR) is 299 cm³/mol. The summed E-state index contributed by atoms with van der Waals surface area (Å²) < 4.78 is 0. The van der Waals surface area contributed by atoms with Crippen molar-refractivity contribution >= 4 is 5.91 Å². The zero-order valence-electron chi connectivity index (χ0n) is 43.9. The third kappa shape index (κ3) is 53.6. The van der Waals surface area contributed by atoms with Gasteiger partial charge in [0.15, 0.2) is 0 Å². The Hall–Kier alpha value is -3.21. The van der Waals surface area contributed by atoms with Gasteiger partial charge in [-0.1, -0.05) is 277 Å². The van der Waals surface area contributed by atoms with Crippen LogP contribution in [0, 0.1) is 0 Å². The first-order valence-electron chi connectivity index (χ1n) is 28.2. The van der Waals surface area contributed by atoms with Crippen LogP contribution in [0.5, 0.6) is 0 Å². The molecule has 0 heterocycles. The molecule has 0 spiro atoms. The second kappa shape index (κ2) is 57.1. The van der Waals surface area contributed by atoms with E-state index in [4.69, 9.17) is 0 Å². The lowest BCUT2D eigenvalue weighted by atomic mass is 10.0. The van der Waals surface area contributed by atoms with E-state index in [0.29, 0.717) is 12.8 Å². The fourth-order valence-electron chi connectivity index (χ4n) is 7.98. The largest absolute Gasteiger partial charge is 0.394 e. The first kappa shape index (κ1) is 63.8. The van der Waals surface area contributed by atoms with E-state index in [2.05, 4.69) is 141 Å². The minimum Gasteiger partial charge on any atom is -0.394 e. The highest BCUT2D eigenvalue weighted by molar-refractivity contribution is 5.76. The van der Waals surface area contributed by atoms with Crippen LogP contribution in [0.3, 0.4) is 0 Å². The number of aliphatic hydroxyl groups is 2. The Labute approximate surface area is 416 Å². The molecule has 0 rings (SSSR count). The van der Waals surface area contributed by atoms with Crippen molar-refractivity contribution in [3.63, 3.8) is 0 Å². The highest BCUT2D eigenvalue weighted by atomic mass is 16.3. The van der Waals surface area contributed by atoms with Crippen molar-refractivity contribution in [1.29, 1.82) is 0 Å². The van der Waals surface area contributed by atoms with Gasteiger partial charge in [-0.3, -0.25) is 4.79 Å². The van der Waals surface area contributed by atoms with E-state index in [1.165, 1.54) is 128 Å². The molecule has 3 N–H and O–H groups in total. The van der Waals surface area contributed by atoms with Gasteiger partial charge in [-0.2, -0.15) is 0 Å². The molecule has 2 atom stereocenters. The summed E-state index contributed by atoms with van der Waals surface area (Å²) in [6, 6.07) is -0.570. The van der Waals surface area contributed by atoms with Crippen LogP contribution in [0.2, 0.25) is 0 Å². The first-order chi connectivity index (χ1) is 33.2. The average Bonchev–Trinajstić information content (AvgIpc) is 3.33. The van der Waals surface area contributed by atoms with Crippen LogP contribution in [0.25, 0.3) is 0 Å². The number of allylic oxidation sites excluding steroid dienone is 20. The maximum absolute atomic E-state index is 12.5. The van der Waals surface area contributed by atoms with E-state index in [9.17, 15) is 15.0 Å². The van der Waals surface area contributed by atoms with Gasteiger partial charge in [0.05, 0.1) is 18.8 Å². The Balaban J connectivity index is 3.66. The molecule has 0 saturated carbocycles. The minimum absolute atomic E-state index is 0.0764. The maximum Gasteiger partial charge on any atom is 0.220 e. The highest BCUT2D eigenvalue weighted by Crippen LogP contribution is 2.16. The molecule has 0 aromatic heterocycles. The molecule has 0 aliphatic heterocycles. The molecule has 0 fully saturated rings. The van der Waals surface area contributed by atoms with Gasteiger partial charge < -0.3 is 15.5 Å².